The van der Waals surface area contributed by atoms with E-state index in [0.717, 1.165) is 16.6 Å². The van der Waals surface area contributed by atoms with Crippen molar-refractivity contribution < 1.29 is 5.11 Å². The first-order chi connectivity index (χ1) is 10.1. The van der Waals surface area contributed by atoms with Crippen LogP contribution in [-0.2, 0) is 6.54 Å². The van der Waals surface area contributed by atoms with Crippen LogP contribution in [0.3, 0.4) is 0 Å². The minimum absolute atomic E-state index is 0.181. The zero-order valence-electron chi connectivity index (χ0n) is 11.0. The Morgan fingerprint density at radius 2 is 1.81 bits per heavy atom. The van der Waals surface area contributed by atoms with Crippen LogP contribution in [0.2, 0.25) is 10.0 Å². The largest absolute Gasteiger partial charge is 0.506 e. The molecule has 0 aliphatic carbocycles. The number of nitrogens with zero attached hydrogens (tertiary/aromatic N) is 1. The van der Waals surface area contributed by atoms with Crippen LogP contribution < -0.4 is 5.32 Å². The molecule has 1 aromatic heterocycles. The van der Waals surface area contributed by atoms with Crippen LogP contribution in [0, 0.1) is 0 Å². The summed E-state index contributed by atoms with van der Waals surface area (Å²) in [6.45, 7) is 0.582. The standard InChI is InChI=1S/C16H12Cl2N2O/c17-11-6-12(18)8-13(7-11)20-9-10-3-4-15(21)16-14(10)2-1-5-19-16/h1-8,20-21H,9H2. The summed E-state index contributed by atoms with van der Waals surface area (Å²) in [7, 11) is 0. The highest BCUT2D eigenvalue weighted by Crippen LogP contribution is 2.27. The first-order valence-corrected chi connectivity index (χ1v) is 7.14. The van der Waals surface area contributed by atoms with Crippen molar-refractivity contribution in [3.63, 3.8) is 0 Å². The summed E-state index contributed by atoms with van der Waals surface area (Å²) in [5.41, 5.74) is 2.48. The zero-order valence-corrected chi connectivity index (χ0v) is 12.5. The second-order valence-corrected chi connectivity index (χ2v) is 5.53. The SMILES string of the molecule is Oc1ccc(CNc2cc(Cl)cc(Cl)c2)c2cccnc12. The van der Waals surface area contributed by atoms with Gasteiger partial charge in [0.1, 0.15) is 11.3 Å². The number of aromatic nitrogens is 1. The highest BCUT2D eigenvalue weighted by atomic mass is 35.5. The number of fused-ring (bicyclic) bond motifs is 1. The minimum Gasteiger partial charge on any atom is -0.506 e. The number of anilines is 1. The Labute approximate surface area is 132 Å². The van der Waals surface area contributed by atoms with E-state index in [4.69, 9.17) is 23.2 Å². The second kappa shape index (κ2) is 5.80. The van der Waals surface area contributed by atoms with Crippen LogP contribution >= 0.6 is 23.2 Å². The predicted molar refractivity (Wildman–Crippen MR) is 87.2 cm³/mol. The van der Waals surface area contributed by atoms with Gasteiger partial charge in [0.25, 0.3) is 0 Å². The van der Waals surface area contributed by atoms with E-state index in [1.54, 1.807) is 18.3 Å². The molecule has 2 aromatic carbocycles. The lowest BCUT2D eigenvalue weighted by atomic mass is 10.1. The number of hydrogen-bond acceptors (Lipinski definition) is 3. The molecule has 106 valence electrons. The zero-order chi connectivity index (χ0) is 14.8. The molecule has 0 unspecified atom stereocenters. The summed E-state index contributed by atoms with van der Waals surface area (Å²) < 4.78 is 0. The number of aromatic hydroxyl groups is 1. The maximum atomic E-state index is 9.84. The molecule has 0 fully saturated rings. The number of benzene rings is 2. The van der Waals surface area contributed by atoms with Gasteiger partial charge in [0.2, 0.25) is 0 Å². The van der Waals surface area contributed by atoms with Crippen LogP contribution in [0.15, 0.2) is 48.7 Å². The Balaban J connectivity index is 1.90. The molecule has 21 heavy (non-hydrogen) atoms. The Hall–Kier alpha value is -1.97. The van der Waals surface area contributed by atoms with E-state index in [1.807, 2.05) is 30.3 Å². The monoisotopic (exact) mass is 318 g/mol. The second-order valence-electron chi connectivity index (χ2n) is 4.66. The number of phenolic OH excluding ortho intramolecular Hbond substituents is 1. The van der Waals surface area contributed by atoms with Crippen molar-refractivity contribution in [3.8, 4) is 5.75 Å². The average Bonchev–Trinajstić information content (AvgIpc) is 2.46. The van der Waals surface area contributed by atoms with E-state index >= 15 is 0 Å². The summed E-state index contributed by atoms with van der Waals surface area (Å²) in [5.74, 6) is 0.181. The number of nitrogens with one attached hydrogen (secondary N) is 1. The van der Waals surface area contributed by atoms with Crippen molar-refractivity contribution in [2.24, 2.45) is 0 Å². The number of halogens is 2. The van der Waals surface area contributed by atoms with Gasteiger partial charge in [-0.3, -0.25) is 4.98 Å². The first kappa shape index (κ1) is 14.0. The lowest BCUT2D eigenvalue weighted by Crippen LogP contribution is -2.00. The molecule has 3 rings (SSSR count). The molecular weight excluding hydrogens is 307 g/mol. The fourth-order valence-corrected chi connectivity index (χ4v) is 2.75. The third-order valence-corrected chi connectivity index (χ3v) is 3.62. The molecule has 0 amide bonds. The summed E-state index contributed by atoms with van der Waals surface area (Å²) in [5, 5.41) is 15.2. The van der Waals surface area contributed by atoms with Crippen LogP contribution in [0.5, 0.6) is 5.75 Å². The van der Waals surface area contributed by atoms with Crippen molar-refractivity contribution in [1.82, 2.24) is 4.98 Å². The quantitative estimate of drug-likeness (QED) is 0.725. The van der Waals surface area contributed by atoms with Gasteiger partial charge in [-0.2, -0.15) is 0 Å². The Morgan fingerprint density at radius 3 is 2.57 bits per heavy atom. The lowest BCUT2D eigenvalue weighted by Gasteiger charge is -2.10. The molecule has 0 radical (unpaired) electrons. The van der Waals surface area contributed by atoms with Gasteiger partial charge in [0.05, 0.1) is 0 Å². The van der Waals surface area contributed by atoms with Gasteiger partial charge < -0.3 is 10.4 Å². The molecule has 3 aromatic rings. The van der Waals surface area contributed by atoms with Gasteiger partial charge in [0.15, 0.2) is 0 Å². The molecule has 0 spiro atoms. The van der Waals surface area contributed by atoms with Gasteiger partial charge in [-0.05, 0) is 35.9 Å². The van der Waals surface area contributed by atoms with Crippen molar-refractivity contribution in [2.75, 3.05) is 5.32 Å². The van der Waals surface area contributed by atoms with Crippen LogP contribution in [0.25, 0.3) is 10.9 Å². The molecule has 5 heteroatoms. The minimum atomic E-state index is 0.181. The fourth-order valence-electron chi connectivity index (χ4n) is 2.22. The third-order valence-electron chi connectivity index (χ3n) is 3.18. The molecule has 3 nitrogen and oxygen atoms in total. The topological polar surface area (TPSA) is 45.1 Å². The van der Waals surface area contributed by atoms with E-state index in [0.29, 0.717) is 22.1 Å². The number of hydrogen-bond donors (Lipinski definition) is 2. The highest BCUT2D eigenvalue weighted by molar-refractivity contribution is 6.35. The first-order valence-electron chi connectivity index (χ1n) is 6.39. The van der Waals surface area contributed by atoms with Gasteiger partial charge in [-0.1, -0.05) is 35.3 Å². The van der Waals surface area contributed by atoms with Gasteiger partial charge in [-0.15, -0.1) is 0 Å². The number of phenols is 1. The molecule has 0 saturated heterocycles. The maximum absolute atomic E-state index is 9.84. The summed E-state index contributed by atoms with van der Waals surface area (Å²) in [6, 6.07) is 12.6. The summed E-state index contributed by atoms with van der Waals surface area (Å²) in [4.78, 5) is 4.20. The van der Waals surface area contributed by atoms with E-state index in [9.17, 15) is 5.11 Å². The normalized spacial score (nSPS) is 10.8. The summed E-state index contributed by atoms with van der Waals surface area (Å²) in [6.07, 6.45) is 1.66. The maximum Gasteiger partial charge on any atom is 0.141 e. The lowest BCUT2D eigenvalue weighted by molar-refractivity contribution is 0.480. The van der Waals surface area contributed by atoms with Crippen molar-refractivity contribution in [3.05, 3.63) is 64.3 Å². The van der Waals surface area contributed by atoms with Crippen molar-refractivity contribution >= 4 is 39.8 Å². The smallest absolute Gasteiger partial charge is 0.141 e. The molecule has 0 atom stereocenters. The molecule has 1 heterocycles. The van der Waals surface area contributed by atoms with E-state index in [-0.39, 0.29) is 5.75 Å². The number of rotatable bonds is 3. The molecule has 2 N–H and O–H groups in total. The molecule has 0 bridgehead atoms. The Kier molecular flexibility index (Phi) is 3.86. The Morgan fingerprint density at radius 1 is 1.05 bits per heavy atom. The predicted octanol–water partition coefficient (Wildman–Crippen LogP) is 4.86. The van der Waals surface area contributed by atoms with Gasteiger partial charge in [0, 0.05) is 33.9 Å². The third kappa shape index (κ3) is 3.04. The highest BCUT2D eigenvalue weighted by Gasteiger charge is 2.06. The molecular formula is C16H12Cl2N2O. The van der Waals surface area contributed by atoms with Crippen molar-refractivity contribution in [1.29, 1.82) is 0 Å². The van der Waals surface area contributed by atoms with E-state index in [2.05, 4.69) is 10.3 Å². The molecule has 0 saturated carbocycles. The Bertz CT molecular complexity index is 785. The van der Waals surface area contributed by atoms with Crippen LogP contribution in [0.1, 0.15) is 5.56 Å². The van der Waals surface area contributed by atoms with E-state index in [1.165, 1.54) is 0 Å². The van der Waals surface area contributed by atoms with Gasteiger partial charge in [-0.25, -0.2) is 0 Å². The average molecular weight is 319 g/mol. The van der Waals surface area contributed by atoms with Crippen LogP contribution in [-0.4, -0.2) is 10.1 Å². The molecule has 0 aliphatic heterocycles. The fraction of sp³-hybridized carbons (Fsp3) is 0.0625. The molecule has 0 aliphatic rings. The summed E-state index contributed by atoms with van der Waals surface area (Å²) >= 11 is 12.0. The number of pyridine rings is 1. The van der Waals surface area contributed by atoms with Crippen LogP contribution in [0.4, 0.5) is 5.69 Å². The van der Waals surface area contributed by atoms with Crippen molar-refractivity contribution in [2.45, 2.75) is 6.54 Å². The van der Waals surface area contributed by atoms with Gasteiger partial charge >= 0.3 is 0 Å². The van der Waals surface area contributed by atoms with E-state index < -0.39 is 0 Å².